The van der Waals surface area contributed by atoms with Crippen LogP contribution in [0.15, 0.2) is 48.5 Å². The van der Waals surface area contributed by atoms with E-state index in [0.717, 1.165) is 36.4 Å². The first kappa shape index (κ1) is 20.3. The van der Waals surface area contributed by atoms with E-state index in [1.54, 1.807) is 0 Å². The van der Waals surface area contributed by atoms with Gasteiger partial charge in [-0.2, -0.15) is 13.2 Å². The fourth-order valence-corrected chi connectivity index (χ4v) is 2.31. The van der Waals surface area contributed by atoms with E-state index >= 15 is 0 Å². The molecule has 10 heteroatoms. The molecule has 2 rings (SSSR count). The Balaban J connectivity index is 2.10. The summed E-state index contributed by atoms with van der Waals surface area (Å²) in [6, 6.07) is 7.14. The molecule has 0 saturated carbocycles. The highest BCUT2D eigenvalue weighted by Gasteiger charge is 2.30. The number of aliphatic hydroxyl groups is 2. The molecule has 0 bridgehead atoms. The topological polar surface area (TPSA) is 113 Å². The molecule has 3 N–H and O–H groups in total. The molecule has 0 fully saturated rings. The second-order valence-corrected chi connectivity index (χ2v) is 5.63. The molecule has 0 aliphatic carbocycles. The van der Waals surface area contributed by atoms with Gasteiger partial charge in [-0.1, -0.05) is 0 Å². The van der Waals surface area contributed by atoms with E-state index in [4.69, 9.17) is 0 Å². The van der Waals surface area contributed by atoms with Crippen LogP contribution in [0.3, 0.4) is 0 Å². The Morgan fingerprint density at radius 3 is 2.11 bits per heavy atom. The number of hydrogen-bond acceptors (Lipinski definition) is 5. The normalized spacial score (nSPS) is 13.7. The molecule has 1 amide bonds. The molecule has 0 radical (unpaired) electrons. The maximum Gasteiger partial charge on any atom is 0.416 e. The summed E-state index contributed by atoms with van der Waals surface area (Å²) in [6.45, 7) is -0.662. The Kier molecular flexibility index (Phi) is 6.13. The molecule has 144 valence electrons. The number of benzene rings is 2. The van der Waals surface area contributed by atoms with Crippen LogP contribution < -0.4 is 5.32 Å². The number of nitrogens with zero attached hydrogens (tertiary/aromatic N) is 1. The van der Waals surface area contributed by atoms with Crippen LogP contribution in [0.4, 0.5) is 18.9 Å². The maximum absolute atomic E-state index is 12.5. The van der Waals surface area contributed by atoms with E-state index in [-0.39, 0.29) is 16.8 Å². The molecule has 0 aromatic heterocycles. The van der Waals surface area contributed by atoms with Gasteiger partial charge in [-0.05, 0) is 42.0 Å². The molecule has 0 heterocycles. The van der Waals surface area contributed by atoms with E-state index in [1.807, 2.05) is 0 Å². The zero-order valence-corrected chi connectivity index (χ0v) is 13.7. The Morgan fingerprint density at radius 2 is 1.67 bits per heavy atom. The summed E-state index contributed by atoms with van der Waals surface area (Å²) in [4.78, 5) is 22.2. The van der Waals surface area contributed by atoms with Crippen LogP contribution in [0.25, 0.3) is 0 Å². The van der Waals surface area contributed by atoms with Crippen molar-refractivity contribution in [2.24, 2.45) is 0 Å². The molecule has 2 atom stereocenters. The quantitative estimate of drug-likeness (QED) is 0.523. The molecular weight excluding hydrogens is 369 g/mol. The SMILES string of the molecule is O=C(N[C@@H](CO)[C@@H](O)c1ccc([N+](=O)[O-])cc1)c1ccc(C(F)(F)F)cc1. The van der Waals surface area contributed by atoms with Crippen molar-refractivity contribution in [1.82, 2.24) is 5.32 Å². The Labute approximate surface area is 151 Å². The zero-order chi connectivity index (χ0) is 20.2. The van der Waals surface area contributed by atoms with Gasteiger partial charge in [-0.25, -0.2) is 0 Å². The second kappa shape index (κ2) is 8.14. The third kappa shape index (κ3) is 5.02. The molecule has 0 aliphatic heterocycles. The van der Waals surface area contributed by atoms with Gasteiger partial charge in [0, 0.05) is 17.7 Å². The minimum Gasteiger partial charge on any atom is -0.394 e. The summed E-state index contributed by atoms with van der Waals surface area (Å²) in [7, 11) is 0. The molecule has 2 aromatic rings. The van der Waals surface area contributed by atoms with Crippen molar-refractivity contribution in [2.75, 3.05) is 6.61 Å². The van der Waals surface area contributed by atoms with Crippen LogP contribution in [0, 0.1) is 10.1 Å². The lowest BCUT2D eigenvalue weighted by Gasteiger charge is -2.22. The van der Waals surface area contributed by atoms with Gasteiger partial charge in [-0.15, -0.1) is 0 Å². The standard InChI is InChI=1S/C17H15F3N2O5/c18-17(19,20)12-5-1-11(2-6-12)16(25)21-14(9-23)15(24)10-3-7-13(8-4-10)22(26)27/h1-8,14-15,23-24H,9H2,(H,21,25)/t14-,15-/m0/s1. The first-order valence-corrected chi connectivity index (χ1v) is 7.65. The van der Waals surface area contributed by atoms with Gasteiger partial charge in [0.1, 0.15) is 6.10 Å². The molecular formula is C17H15F3N2O5. The van der Waals surface area contributed by atoms with E-state index in [2.05, 4.69) is 5.32 Å². The highest BCUT2D eigenvalue weighted by Crippen LogP contribution is 2.29. The maximum atomic E-state index is 12.5. The monoisotopic (exact) mass is 384 g/mol. The van der Waals surface area contributed by atoms with E-state index in [0.29, 0.717) is 0 Å². The number of carbonyl (C=O) groups excluding carboxylic acids is 1. The fraction of sp³-hybridized carbons (Fsp3) is 0.235. The number of nitro benzene ring substituents is 1. The summed E-state index contributed by atoms with van der Waals surface area (Å²) >= 11 is 0. The average Bonchev–Trinajstić information content (AvgIpc) is 2.64. The first-order chi connectivity index (χ1) is 12.6. The molecule has 27 heavy (non-hydrogen) atoms. The van der Waals surface area contributed by atoms with Crippen molar-refractivity contribution < 1.29 is 33.1 Å². The first-order valence-electron chi connectivity index (χ1n) is 7.65. The van der Waals surface area contributed by atoms with Crippen molar-refractivity contribution in [1.29, 1.82) is 0 Å². The van der Waals surface area contributed by atoms with Crippen LogP contribution in [0.2, 0.25) is 0 Å². The number of hydrogen-bond donors (Lipinski definition) is 3. The molecule has 0 aliphatic rings. The van der Waals surface area contributed by atoms with Crippen molar-refractivity contribution in [3.63, 3.8) is 0 Å². The second-order valence-electron chi connectivity index (χ2n) is 5.63. The number of carbonyl (C=O) groups is 1. The van der Waals surface area contributed by atoms with Crippen LogP contribution >= 0.6 is 0 Å². The minimum absolute atomic E-state index is 0.0858. The van der Waals surface area contributed by atoms with Crippen molar-refractivity contribution in [3.8, 4) is 0 Å². The number of halogens is 3. The largest absolute Gasteiger partial charge is 0.416 e. The average molecular weight is 384 g/mol. The number of alkyl halides is 3. The summed E-state index contributed by atoms with van der Waals surface area (Å²) in [6.07, 6.45) is -5.91. The van der Waals surface area contributed by atoms with E-state index < -0.39 is 41.3 Å². The number of nitro groups is 1. The number of rotatable bonds is 6. The summed E-state index contributed by atoms with van der Waals surface area (Å²) in [5.41, 5.74) is -0.978. The van der Waals surface area contributed by atoms with Gasteiger partial charge < -0.3 is 15.5 Å². The van der Waals surface area contributed by atoms with Crippen molar-refractivity contribution >= 4 is 11.6 Å². The molecule has 0 saturated heterocycles. The summed E-state index contributed by atoms with van der Waals surface area (Å²) in [5.74, 6) is -0.788. The van der Waals surface area contributed by atoms with Gasteiger partial charge in [0.25, 0.3) is 11.6 Å². The lowest BCUT2D eigenvalue weighted by Crippen LogP contribution is -2.42. The molecule has 7 nitrogen and oxygen atoms in total. The Morgan fingerprint density at radius 1 is 1.11 bits per heavy atom. The molecule has 0 spiro atoms. The number of amides is 1. The van der Waals surface area contributed by atoms with Crippen LogP contribution in [0.5, 0.6) is 0 Å². The molecule has 0 unspecified atom stereocenters. The minimum atomic E-state index is -4.53. The highest BCUT2D eigenvalue weighted by atomic mass is 19.4. The van der Waals surface area contributed by atoms with Crippen molar-refractivity contribution in [3.05, 3.63) is 75.3 Å². The third-order valence-corrected chi connectivity index (χ3v) is 3.81. The Bertz CT molecular complexity index is 807. The smallest absolute Gasteiger partial charge is 0.394 e. The number of aliphatic hydroxyl groups excluding tert-OH is 2. The predicted molar refractivity (Wildman–Crippen MR) is 87.8 cm³/mol. The van der Waals surface area contributed by atoms with E-state index in [1.165, 1.54) is 12.1 Å². The van der Waals surface area contributed by atoms with Crippen LogP contribution in [0.1, 0.15) is 27.6 Å². The van der Waals surface area contributed by atoms with Gasteiger partial charge >= 0.3 is 6.18 Å². The van der Waals surface area contributed by atoms with Gasteiger partial charge in [0.05, 0.1) is 23.1 Å². The van der Waals surface area contributed by atoms with Crippen LogP contribution in [-0.2, 0) is 6.18 Å². The van der Waals surface area contributed by atoms with Crippen LogP contribution in [-0.4, -0.2) is 33.7 Å². The lowest BCUT2D eigenvalue weighted by atomic mass is 10.0. The highest BCUT2D eigenvalue weighted by molar-refractivity contribution is 5.94. The third-order valence-electron chi connectivity index (χ3n) is 3.81. The van der Waals surface area contributed by atoms with E-state index in [9.17, 15) is 38.3 Å². The van der Waals surface area contributed by atoms with Gasteiger partial charge in [0.15, 0.2) is 0 Å². The molecule has 2 aromatic carbocycles. The number of nitrogens with one attached hydrogen (secondary N) is 1. The van der Waals surface area contributed by atoms with Crippen molar-refractivity contribution in [2.45, 2.75) is 18.3 Å². The van der Waals surface area contributed by atoms with Gasteiger partial charge in [0.2, 0.25) is 0 Å². The predicted octanol–water partition coefficient (Wildman–Crippen LogP) is 2.44. The zero-order valence-electron chi connectivity index (χ0n) is 13.7. The summed E-state index contributed by atoms with van der Waals surface area (Å²) in [5, 5.41) is 32.6. The fourth-order valence-electron chi connectivity index (χ4n) is 2.31. The lowest BCUT2D eigenvalue weighted by molar-refractivity contribution is -0.384. The Hall–Kier alpha value is -2.98. The van der Waals surface area contributed by atoms with Gasteiger partial charge in [-0.3, -0.25) is 14.9 Å². The number of non-ortho nitro benzene ring substituents is 1. The summed E-state index contributed by atoms with van der Waals surface area (Å²) < 4.78 is 37.6.